The van der Waals surface area contributed by atoms with Crippen molar-refractivity contribution in [3.63, 3.8) is 0 Å². The smallest absolute Gasteiger partial charge is 0.433 e. The van der Waals surface area contributed by atoms with E-state index >= 15 is 0 Å². The number of nitrogens with zero attached hydrogens (tertiary/aromatic N) is 1. The Labute approximate surface area is 164 Å². The number of hydrogen-bond donors (Lipinski definition) is 3. The number of methoxy groups -OCH3 is 1. The molecule has 1 heterocycles. The van der Waals surface area contributed by atoms with Crippen molar-refractivity contribution in [3.8, 4) is 11.6 Å². The zero-order chi connectivity index (χ0) is 21.4. The molecule has 1 aromatic carbocycles. The van der Waals surface area contributed by atoms with Gasteiger partial charge in [-0.25, -0.2) is 4.39 Å². The lowest BCUT2D eigenvalue weighted by Crippen LogP contribution is -2.29. The zero-order valence-electron chi connectivity index (χ0n) is 15.6. The van der Waals surface area contributed by atoms with Crippen LogP contribution in [0.25, 0.3) is 0 Å². The Kier molecular flexibility index (Phi) is 8.23. The maximum Gasteiger partial charge on any atom is 0.433 e. The van der Waals surface area contributed by atoms with Crippen molar-refractivity contribution in [3.05, 3.63) is 41.1 Å². The van der Waals surface area contributed by atoms with Gasteiger partial charge < -0.3 is 24.4 Å². The van der Waals surface area contributed by atoms with Gasteiger partial charge in [0, 0.05) is 12.8 Å². The summed E-state index contributed by atoms with van der Waals surface area (Å²) in [6.07, 6.45) is -7.97. The van der Waals surface area contributed by atoms with Crippen molar-refractivity contribution >= 4 is 0 Å². The molecule has 0 radical (unpaired) electrons. The van der Waals surface area contributed by atoms with Crippen LogP contribution in [0.4, 0.5) is 17.6 Å². The molecule has 1 aromatic heterocycles. The summed E-state index contributed by atoms with van der Waals surface area (Å²) in [5, 5.41) is 23.9. The Morgan fingerprint density at radius 2 is 1.90 bits per heavy atom. The van der Waals surface area contributed by atoms with Crippen molar-refractivity contribution in [2.75, 3.05) is 27.0 Å². The summed E-state index contributed by atoms with van der Waals surface area (Å²) in [6.45, 7) is -1.69. The van der Waals surface area contributed by atoms with Gasteiger partial charge in [0.1, 0.15) is 18.1 Å². The predicted octanol–water partition coefficient (Wildman–Crippen LogP) is 2.46. The second kappa shape index (κ2) is 10.4. The van der Waals surface area contributed by atoms with Gasteiger partial charge in [-0.05, 0) is 17.7 Å². The number of benzene rings is 1. The number of halogens is 4. The number of nitrogens with one attached hydrogen (secondary N) is 1. The molecule has 0 fully saturated rings. The molecule has 2 rings (SSSR count). The van der Waals surface area contributed by atoms with E-state index in [2.05, 4.69) is 5.10 Å². The third kappa shape index (κ3) is 6.58. The number of aromatic nitrogens is 2. The fourth-order valence-electron chi connectivity index (χ4n) is 2.54. The topological polar surface area (TPSA) is 96.8 Å². The number of hydrogen-bond acceptors (Lipinski definition) is 6. The first-order valence-corrected chi connectivity index (χ1v) is 8.69. The van der Waals surface area contributed by atoms with E-state index in [-0.39, 0.29) is 30.9 Å². The van der Waals surface area contributed by atoms with E-state index < -0.39 is 37.5 Å². The van der Waals surface area contributed by atoms with Crippen LogP contribution in [0.5, 0.6) is 11.6 Å². The molecule has 2 aromatic rings. The Morgan fingerprint density at radius 3 is 2.45 bits per heavy atom. The van der Waals surface area contributed by atoms with Crippen molar-refractivity contribution in [1.29, 1.82) is 0 Å². The van der Waals surface area contributed by atoms with Gasteiger partial charge in [-0.15, -0.1) is 5.10 Å². The van der Waals surface area contributed by atoms with Crippen LogP contribution in [-0.2, 0) is 17.3 Å². The summed E-state index contributed by atoms with van der Waals surface area (Å²) in [7, 11) is 1.47. The highest BCUT2D eigenvalue weighted by Gasteiger charge is 2.38. The number of aliphatic hydroxyl groups excluding tert-OH is 2. The first kappa shape index (κ1) is 22.9. The third-order valence-corrected chi connectivity index (χ3v) is 3.93. The van der Waals surface area contributed by atoms with Gasteiger partial charge in [-0.3, -0.25) is 5.10 Å². The summed E-state index contributed by atoms with van der Waals surface area (Å²) in [4.78, 5) is 0. The average Bonchev–Trinajstić information content (AvgIpc) is 3.09. The van der Waals surface area contributed by atoms with E-state index in [9.17, 15) is 22.7 Å². The van der Waals surface area contributed by atoms with Crippen LogP contribution in [0.3, 0.4) is 0 Å². The molecule has 0 aliphatic carbocycles. The minimum absolute atomic E-state index is 0.164. The van der Waals surface area contributed by atoms with Crippen LogP contribution in [0.1, 0.15) is 23.2 Å². The van der Waals surface area contributed by atoms with E-state index in [1.807, 2.05) is 5.10 Å². The molecular weight excluding hydrogens is 400 g/mol. The highest BCUT2D eigenvalue weighted by molar-refractivity contribution is 5.39. The van der Waals surface area contributed by atoms with Gasteiger partial charge in [-0.1, -0.05) is 12.1 Å². The summed E-state index contributed by atoms with van der Waals surface area (Å²) < 4.78 is 68.3. The summed E-state index contributed by atoms with van der Waals surface area (Å²) in [6, 6.07) is 6.41. The maximum atomic E-state index is 13.4. The summed E-state index contributed by atoms with van der Waals surface area (Å²) >= 11 is 0. The van der Waals surface area contributed by atoms with E-state index in [1.165, 1.54) is 7.11 Å². The fourth-order valence-corrected chi connectivity index (χ4v) is 2.54. The Bertz CT molecular complexity index is 752. The van der Waals surface area contributed by atoms with Gasteiger partial charge in [0.25, 0.3) is 0 Å². The number of H-pyrrole nitrogens is 1. The Hall–Kier alpha value is -2.37. The molecular formula is C18H22F4N2O5. The molecule has 0 amide bonds. The monoisotopic (exact) mass is 422 g/mol. The minimum atomic E-state index is -4.71. The molecule has 2 unspecified atom stereocenters. The van der Waals surface area contributed by atoms with E-state index in [0.717, 1.165) is 0 Å². The lowest BCUT2D eigenvalue weighted by atomic mass is 10.0. The van der Waals surface area contributed by atoms with Gasteiger partial charge in [0.05, 0.1) is 32.0 Å². The maximum absolute atomic E-state index is 13.4. The molecule has 0 aliphatic rings. The first-order valence-electron chi connectivity index (χ1n) is 8.69. The van der Waals surface area contributed by atoms with E-state index in [0.29, 0.717) is 11.3 Å². The molecule has 0 saturated carbocycles. The molecule has 2 atom stereocenters. The second-order valence-electron chi connectivity index (χ2n) is 6.09. The predicted molar refractivity (Wildman–Crippen MR) is 93.4 cm³/mol. The number of rotatable bonds is 11. The SMILES string of the molecule is COc1ccc(Cc2c(OC(CC(O)CF)OCCO)n[nH]c2C(F)(F)F)cc1. The molecule has 0 saturated heterocycles. The molecule has 0 spiro atoms. The van der Waals surface area contributed by atoms with Gasteiger partial charge >= 0.3 is 6.18 Å². The molecule has 11 heteroatoms. The van der Waals surface area contributed by atoms with Crippen LogP contribution in [0.15, 0.2) is 24.3 Å². The summed E-state index contributed by atoms with van der Waals surface area (Å²) in [5.41, 5.74) is -0.815. The Balaban J connectivity index is 2.30. The first-order chi connectivity index (χ1) is 13.8. The molecule has 3 N–H and O–H groups in total. The lowest BCUT2D eigenvalue weighted by Gasteiger charge is -2.20. The molecule has 0 aliphatic heterocycles. The van der Waals surface area contributed by atoms with Gasteiger partial charge in [-0.2, -0.15) is 13.2 Å². The summed E-state index contributed by atoms with van der Waals surface area (Å²) in [5.74, 6) is 0.160. The third-order valence-electron chi connectivity index (χ3n) is 3.93. The van der Waals surface area contributed by atoms with E-state index in [1.54, 1.807) is 24.3 Å². The van der Waals surface area contributed by atoms with Crippen molar-refractivity contribution in [1.82, 2.24) is 10.2 Å². The lowest BCUT2D eigenvalue weighted by molar-refractivity contribution is -0.142. The van der Waals surface area contributed by atoms with Gasteiger partial charge in [0.2, 0.25) is 12.2 Å². The standard InChI is InChI=1S/C18H22F4N2O5/c1-27-13-4-2-11(3-5-13)8-14-16(18(20,21)22)23-24-17(14)29-15(28-7-6-25)9-12(26)10-19/h2-5,12,15,25-26H,6-10H2,1H3,(H,23,24). The van der Waals surface area contributed by atoms with E-state index in [4.69, 9.17) is 19.3 Å². The number of alkyl halides is 4. The number of ether oxygens (including phenoxy) is 3. The molecule has 162 valence electrons. The van der Waals surface area contributed by atoms with Crippen LogP contribution in [0.2, 0.25) is 0 Å². The van der Waals surface area contributed by atoms with Crippen LogP contribution in [-0.4, -0.2) is 59.8 Å². The van der Waals surface area contributed by atoms with Crippen molar-refractivity contribution in [2.45, 2.75) is 31.4 Å². The number of aliphatic hydroxyl groups is 2. The largest absolute Gasteiger partial charge is 0.497 e. The fraction of sp³-hybridized carbons (Fsp3) is 0.500. The normalized spacial score (nSPS) is 13.9. The molecule has 7 nitrogen and oxygen atoms in total. The quantitative estimate of drug-likeness (QED) is 0.380. The zero-order valence-corrected chi connectivity index (χ0v) is 15.6. The number of aromatic amines is 1. The highest BCUT2D eigenvalue weighted by Crippen LogP contribution is 2.36. The van der Waals surface area contributed by atoms with Crippen LogP contribution < -0.4 is 9.47 Å². The second-order valence-corrected chi connectivity index (χ2v) is 6.09. The highest BCUT2D eigenvalue weighted by atomic mass is 19.4. The average molecular weight is 422 g/mol. The van der Waals surface area contributed by atoms with Crippen LogP contribution >= 0.6 is 0 Å². The minimum Gasteiger partial charge on any atom is -0.497 e. The van der Waals surface area contributed by atoms with Crippen LogP contribution in [0, 0.1) is 0 Å². The molecule has 0 bridgehead atoms. The molecule has 29 heavy (non-hydrogen) atoms. The van der Waals surface area contributed by atoms with Gasteiger partial charge in [0.15, 0.2) is 0 Å². The van der Waals surface area contributed by atoms with Crippen molar-refractivity contribution < 1.29 is 42.0 Å². The van der Waals surface area contributed by atoms with Crippen molar-refractivity contribution in [2.24, 2.45) is 0 Å². The Morgan fingerprint density at radius 1 is 1.21 bits per heavy atom.